The van der Waals surface area contributed by atoms with Crippen LogP contribution in [0.15, 0.2) is 28.8 Å². The molecule has 0 spiro atoms. The van der Waals surface area contributed by atoms with Gasteiger partial charge in [0.15, 0.2) is 40.5 Å². The van der Waals surface area contributed by atoms with E-state index < -0.39 is 52.3 Å². The SMILES string of the molecule is COc1ccccc1OCc1c(C(=O)Nc2c(F)c(F)c(C(F)(F)F)c(F)c2F)noc1C. The fourth-order valence-corrected chi connectivity index (χ4v) is 2.79. The number of carbonyl (C=O) groups excluding carboxylic acids is 1. The van der Waals surface area contributed by atoms with Crippen LogP contribution in [0.1, 0.15) is 27.4 Å². The molecule has 0 radical (unpaired) electrons. The maximum Gasteiger partial charge on any atom is 0.422 e. The number of methoxy groups -OCH3 is 1. The third-order valence-corrected chi connectivity index (χ3v) is 4.43. The fourth-order valence-electron chi connectivity index (χ4n) is 2.79. The number of rotatable bonds is 6. The van der Waals surface area contributed by atoms with Gasteiger partial charge >= 0.3 is 6.18 Å². The van der Waals surface area contributed by atoms with E-state index in [1.165, 1.54) is 19.4 Å². The van der Waals surface area contributed by atoms with E-state index >= 15 is 0 Å². The smallest absolute Gasteiger partial charge is 0.422 e. The summed E-state index contributed by atoms with van der Waals surface area (Å²) in [4.78, 5) is 12.5. The lowest BCUT2D eigenvalue weighted by molar-refractivity contribution is -0.143. The summed E-state index contributed by atoms with van der Waals surface area (Å²) in [7, 11) is 1.39. The number of aromatic nitrogens is 1. The zero-order valence-corrected chi connectivity index (χ0v) is 16.7. The van der Waals surface area contributed by atoms with Crippen molar-refractivity contribution in [2.45, 2.75) is 19.7 Å². The lowest BCUT2D eigenvalue weighted by Gasteiger charge is -2.14. The van der Waals surface area contributed by atoms with E-state index in [2.05, 4.69) is 5.16 Å². The van der Waals surface area contributed by atoms with E-state index in [1.54, 1.807) is 24.3 Å². The Labute approximate surface area is 180 Å². The molecule has 33 heavy (non-hydrogen) atoms. The van der Waals surface area contributed by atoms with Crippen LogP contribution in [-0.2, 0) is 12.8 Å². The van der Waals surface area contributed by atoms with E-state index in [0.717, 1.165) is 0 Å². The number of nitrogens with one attached hydrogen (secondary N) is 1. The second-order valence-corrected chi connectivity index (χ2v) is 6.46. The molecule has 3 rings (SSSR count). The number of halogens is 7. The Kier molecular flexibility index (Phi) is 6.51. The molecule has 1 heterocycles. The maximum atomic E-state index is 14.1. The summed E-state index contributed by atoms with van der Waals surface area (Å²) < 4.78 is 109. The molecule has 3 aromatic rings. The Hall–Kier alpha value is -3.77. The summed E-state index contributed by atoms with van der Waals surface area (Å²) in [6.45, 7) is 1.03. The van der Waals surface area contributed by atoms with Gasteiger partial charge in [-0.1, -0.05) is 17.3 Å². The molecule has 1 N–H and O–H groups in total. The molecule has 176 valence electrons. The first-order valence-electron chi connectivity index (χ1n) is 8.92. The van der Waals surface area contributed by atoms with Gasteiger partial charge in [-0.2, -0.15) is 13.2 Å². The van der Waals surface area contributed by atoms with Gasteiger partial charge < -0.3 is 19.3 Å². The normalized spacial score (nSPS) is 11.4. The summed E-state index contributed by atoms with van der Waals surface area (Å²) in [5, 5.41) is 4.91. The lowest BCUT2D eigenvalue weighted by Crippen LogP contribution is -2.21. The highest BCUT2D eigenvalue weighted by Crippen LogP contribution is 2.38. The van der Waals surface area contributed by atoms with E-state index in [4.69, 9.17) is 14.0 Å². The van der Waals surface area contributed by atoms with Crippen molar-refractivity contribution < 1.29 is 49.5 Å². The van der Waals surface area contributed by atoms with E-state index in [0.29, 0.717) is 5.75 Å². The molecule has 0 aliphatic heterocycles. The van der Waals surface area contributed by atoms with Crippen molar-refractivity contribution in [3.8, 4) is 11.5 Å². The largest absolute Gasteiger partial charge is 0.493 e. The first-order valence-corrected chi connectivity index (χ1v) is 8.92. The molecule has 0 saturated carbocycles. The number of nitrogens with zero attached hydrogens (tertiary/aromatic N) is 1. The molecule has 13 heteroatoms. The molecule has 0 saturated heterocycles. The van der Waals surface area contributed by atoms with Crippen LogP contribution in [0.25, 0.3) is 0 Å². The van der Waals surface area contributed by atoms with Crippen LogP contribution in [0.4, 0.5) is 36.4 Å². The summed E-state index contributed by atoms with van der Waals surface area (Å²) in [5.74, 6) is -11.1. The summed E-state index contributed by atoms with van der Waals surface area (Å²) in [6.07, 6.45) is -5.72. The number of amides is 1. The molecular formula is C20H13F7N2O4. The number of hydrogen-bond donors (Lipinski definition) is 1. The number of aryl methyl sites for hydroxylation is 1. The Morgan fingerprint density at radius 1 is 1.03 bits per heavy atom. The second kappa shape index (κ2) is 9.00. The van der Waals surface area contributed by atoms with Crippen LogP contribution in [-0.4, -0.2) is 18.2 Å². The van der Waals surface area contributed by atoms with Gasteiger partial charge in [-0.3, -0.25) is 4.79 Å². The topological polar surface area (TPSA) is 73.6 Å². The minimum Gasteiger partial charge on any atom is -0.493 e. The van der Waals surface area contributed by atoms with Crippen LogP contribution in [0.5, 0.6) is 11.5 Å². The highest BCUT2D eigenvalue weighted by atomic mass is 19.4. The number of hydrogen-bond acceptors (Lipinski definition) is 5. The predicted molar refractivity (Wildman–Crippen MR) is 97.8 cm³/mol. The first-order chi connectivity index (χ1) is 15.5. The van der Waals surface area contributed by atoms with Gasteiger partial charge in [0.1, 0.15) is 23.6 Å². The van der Waals surface area contributed by atoms with Gasteiger partial charge in [0.25, 0.3) is 5.91 Å². The van der Waals surface area contributed by atoms with Gasteiger partial charge in [0.2, 0.25) is 0 Å². The van der Waals surface area contributed by atoms with Crippen LogP contribution < -0.4 is 14.8 Å². The number of alkyl halides is 3. The van der Waals surface area contributed by atoms with Crippen molar-refractivity contribution in [2.24, 2.45) is 0 Å². The molecule has 0 fully saturated rings. The van der Waals surface area contributed by atoms with Crippen molar-refractivity contribution in [1.29, 1.82) is 0 Å². The minimum atomic E-state index is -5.72. The van der Waals surface area contributed by atoms with Crippen LogP contribution in [0.3, 0.4) is 0 Å². The molecule has 0 unspecified atom stereocenters. The lowest BCUT2D eigenvalue weighted by atomic mass is 10.1. The van der Waals surface area contributed by atoms with E-state index in [-0.39, 0.29) is 23.7 Å². The fraction of sp³-hybridized carbons (Fsp3) is 0.200. The average molecular weight is 478 g/mol. The summed E-state index contributed by atoms with van der Waals surface area (Å²) >= 11 is 0. The van der Waals surface area contributed by atoms with E-state index in [9.17, 15) is 35.5 Å². The number of para-hydroxylation sites is 2. The Morgan fingerprint density at radius 3 is 2.15 bits per heavy atom. The molecule has 2 aromatic carbocycles. The van der Waals surface area contributed by atoms with Gasteiger partial charge in [0, 0.05) is 0 Å². The van der Waals surface area contributed by atoms with Crippen LogP contribution in [0, 0.1) is 30.2 Å². The molecular weight excluding hydrogens is 465 g/mol. The molecule has 0 aliphatic carbocycles. The van der Waals surface area contributed by atoms with Gasteiger partial charge in [-0.15, -0.1) is 0 Å². The summed E-state index contributed by atoms with van der Waals surface area (Å²) in [6, 6.07) is 6.43. The van der Waals surface area contributed by atoms with Crippen LogP contribution >= 0.6 is 0 Å². The van der Waals surface area contributed by atoms with Crippen molar-refractivity contribution >= 4 is 11.6 Å². The second-order valence-electron chi connectivity index (χ2n) is 6.46. The molecule has 6 nitrogen and oxygen atoms in total. The summed E-state index contributed by atoms with van der Waals surface area (Å²) in [5.41, 5.74) is -5.12. The van der Waals surface area contributed by atoms with Crippen molar-refractivity contribution in [2.75, 3.05) is 12.4 Å². The number of ether oxygens (including phenoxy) is 2. The minimum absolute atomic E-state index is 0.00734. The maximum absolute atomic E-state index is 14.1. The molecule has 1 aromatic heterocycles. The Bertz CT molecular complexity index is 1180. The zero-order chi connectivity index (χ0) is 24.5. The zero-order valence-electron chi connectivity index (χ0n) is 16.7. The monoisotopic (exact) mass is 478 g/mol. The number of carbonyl (C=O) groups is 1. The third kappa shape index (κ3) is 4.56. The highest BCUT2D eigenvalue weighted by Gasteiger charge is 2.42. The predicted octanol–water partition coefficient (Wildman–Crippen LogP) is 5.40. The Balaban J connectivity index is 1.91. The van der Waals surface area contributed by atoms with Crippen molar-refractivity contribution in [3.63, 3.8) is 0 Å². The highest BCUT2D eigenvalue weighted by molar-refractivity contribution is 6.04. The van der Waals surface area contributed by atoms with E-state index in [1.807, 2.05) is 0 Å². The average Bonchev–Trinajstić information content (AvgIpc) is 3.13. The van der Waals surface area contributed by atoms with Crippen molar-refractivity contribution in [1.82, 2.24) is 5.16 Å². The quantitative estimate of drug-likeness (QED) is 0.380. The molecule has 1 amide bonds. The molecule has 0 atom stereocenters. The van der Waals surface area contributed by atoms with Gasteiger partial charge in [-0.25, -0.2) is 17.6 Å². The van der Waals surface area contributed by atoms with Crippen LogP contribution in [0.2, 0.25) is 0 Å². The standard InChI is InChI=1S/C20H13F7N2O4/c1-8-9(7-32-11-6-4-3-5-10(11)31-2)17(29-33-8)19(30)28-18-15(23)13(21)12(20(25,26)27)14(22)16(18)24/h3-6H,7H2,1-2H3,(H,28,30). The van der Waals surface area contributed by atoms with Gasteiger partial charge in [0.05, 0.1) is 12.7 Å². The van der Waals surface area contributed by atoms with Crippen molar-refractivity contribution in [3.05, 3.63) is 70.1 Å². The number of anilines is 1. The molecule has 0 aliphatic rings. The first kappa shape index (κ1) is 23.9. The third-order valence-electron chi connectivity index (χ3n) is 4.43. The molecule has 0 bridgehead atoms. The Morgan fingerprint density at radius 2 is 1.61 bits per heavy atom. The van der Waals surface area contributed by atoms with Gasteiger partial charge in [-0.05, 0) is 19.1 Å². The number of benzene rings is 2.